The molecule has 88 valence electrons. The molecule has 4 heteroatoms. The molecule has 0 bridgehead atoms. The number of carbonyl (C=O) groups is 2. The summed E-state index contributed by atoms with van der Waals surface area (Å²) in [6.45, 7) is 3.20. The topological polar surface area (TPSA) is 49.4 Å². The van der Waals surface area contributed by atoms with E-state index in [-0.39, 0.29) is 23.7 Å². The molecular formula is C13H14N2O2. The Morgan fingerprint density at radius 2 is 1.82 bits per heavy atom. The van der Waals surface area contributed by atoms with Crippen LogP contribution in [0.2, 0.25) is 0 Å². The first-order chi connectivity index (χ1) is 8.18. The molecule has 2 heterocycles. The molecule has 17 heavy (non-hydrogen) atoms. The summed E-state index contributed by atoms with van der Waals surface area (Å²) in [5.41, 5.74) is 1.76. The zero-order valence-corrected chi connectivity index (χ0v) is 9.64. The maximum Gasteiger partial charge on any atom is 0.239 e. The Bertz CT molecular complexity index is 476. The minimum Gasteiger partial charge on any atom is -0.315 e. The standard InChI is InChI=1S/C13H14N2O2/c1-8-3-2-4-9(5-8)15-12(16)10-6-14-7-11(10)13(15)17/h2-5,10-11,14H,6-7H2,1H3/t10-,11-/m0/s1. The minimum atomic E-state index is -0.164. The molecule has 2 saturated heterocycles. The van der Waals surface area contributed by atoms with Crippen molar-refractivity contribution in [1.29, 1.82) is 0 Å². The molecule has 2 aliphatic rings. The molecule has 0 radical (unpaired) electrons. The zero-order valence-electron chi connectivity index (χ0n) is 9.64. The van der Waals surface area contributed by atoms with Gasteiger partial charge in [0, 0.05) is 13.1 Å². The van der Waals surface area contributed by atoms with Crippen molar-refractivity contribution in [2.45, 2.75) is 6.92 Å². The summed E-state index contributed by atoms with van der Waals surface area (Å²) in [4.78, 5) is 25.7. The van der Waals surface area contributed by atoms with Gasteiger partial charge in [-0.3, -0.25) is 9.59 Å². The summed E-state index contributed by atoms with van der Waals surface area (Å²) in [5.74, 6) is -0.447. The number of nitrogens with one attached hydrogen (secondary N) is 1. The number of fused-ring (bicyclic) bond motifs is 1. The first kappa shape index (κ1) is 10.5. The van der Waals surface area contributed by atoms with Gasteiger partial charge in [-0.1, -0.05) is 12.1 Å². The van der Waals surface area contributed by atoms with Crippen LogP contribution in [-0.4, -0.2) is 24.9 Å². The Kier molecular flexibility index (Phi) is 2.26. The molecule has 2 aliphatic heterocycles. The summed E-state index contributed by atoms with van der Waals surface area (Å²) >= 11 is 0. The van der Waals surface area contributed by atoms with Gasteiger partial charge in [-0.2, -0.15) is 0 Å². The number of amides is 2. The van der Waals surface area contributed by atoms with Gasteiger partial charge in [0.05, 0.1) is 17.5 Å². The number of anilines is 1. The average Bonchev–Trinajstić information content (AvgIpc) is 2.84. The lowest BCUT2D eigenvalue weighted by atomic mass is 10.00. The van der Waals surface area contributed by atoms with Crippen molar-refractivity contribution in [3.63, 3.8) is 0 Å². The molecule has 0 saturated carbocycles. The molecule has 2 amide bonds. The lowest BCUT2D eigenvalue weighted by Gasteiger charge is -2.16. The lowest BCUT2D eigenvalue weighted by Crippen LogP contribution is -2.34. The third kappa shape index (κ3) is 1.48. The van der Waals surface area contributed by atoms with Crippen LogP contribution >= 0.6 is 0 Å². The second-order valence-electron chi connectivity index (χ2n) is 4.72. The van der Waals surface area contributed by atoms with Gasteiger partial charge < -0.3 is 5.32 Å². The highest BCUT2D eigenvalue weighted by atomic mass is 16.2. The predicted octanol–water partition coefficient (Wildman–Crippen LogP) is 0.704. The van der Waals surface area contributed by atoms with E-state index in [1.807, 2.05) is 31.2 Å². The summed E-state index contributed by atoms with van der Waals surface area (Å²) in [6, 6.07) is 7.52. The average molecular weight is 230 g/mol. The number of carbonyl (C=O) groups excluding carboxylic acids is 2. The van der Waals surface area contributed by atoms with Crippen LogP contribution in [0.1, 0.15) is 5.56 Å². The van der Waals surface area contributed by atoms with E-state index in [9.17, 15) is 9.59 Å². The van der Waals surface area contributed by atoms with Crippen LogP contribution < -0.4 is 10.2 Å². The van der Waals surface area contributed by atoms with Gasteiger partial charge in [-0.05, 0) is 24.6 Å². The summed E-state index contributed by atoms with van der Waals surface area (Å²) in [5, 5.41) is 3.10. The quantitative estimate of drug-likeness (QED) is 0.723. The molecule has 2 atom stereocenters. The van der Waals surface area contributed by atoms with Crippen LogP contribution in [0.15, 0.2) is 24.3 Å². The van der Waals surface area contributed by atoms with Gasteiger partial charge in [0.2, 0.25) is 11.8 Å². The van der Waals surface area contributed by atoms with E-state index < -0.39 is 0 Å². The molecule has 0 aromatic heterocycles. The highest BCUT2D eigenvalue weighted by Gasteiger charge is 2.50. The number of hydrogen-bond donors (Lipinski definition) is 1. The molecule has 3 rings (SSSR count). The number of rotatable bonds is 1. The van der Waals surface area contributed by atoms with E-state index in [2.05, 4.69) is 5.32 Å². The lowest BCUT2D eigenvalue weighted by molar-refractivity contribution is -0.122. The zero-order chi connectivity index (χ0) is 12.0. The maximum absolute atomic E-state index is 12.2. The van der Waals surface area contributed by atoms with E-state index in [0.717, 1.165) is 5.56 Å². The Morgan fingerprint density at radius 1 is 1.18 bits per heavy atom. The Hall–Kier alpha value is -1.68. The van der Waals surface area contributed by atoms with Crippen molar-refractivity contribution in [3.05, 3.63) is 29.8 Å². The molecule has 1 aromatic rings. The number of benzene rings is 1. The molecule has 4 nitrogen and oxygen atoms in total. The number of aryl methyl sites for hydroxylation is 1. The van der Waals surface area contributed by atoms with Crippen molar-refractivity contribution < 1.29 is 9.59 Å². The third-order valence-corrected chi connectivity index (χ3v) is 3.55. The molecule has 2 fully saturated rings. The van der Waals surface area contributed by atoms with Crippen LogP contribution in [0.5, 0.6) is 0 Å². The molecule has 0 unspecified atom stereocenters. The van der Waals surface area contributed by atoms with E-state index in [4.69, 9.17) is 0 Å². The number of hydrogen-bond acceptors (Lipinski definition) is 3. The van der Waals surface area contributed by atoms with E-state index >= 15 is 0 Å². The van der Waals surface area contributed by atoms with E-state index in [1.54, 1.807) is 0 Å². The largest absolute Gasteiger partial charge is 0.315 e. The number of imide groups is 1. The van der Waals surface area contributed by atoms with Crippen molar-refractivity contribution in [2.24, 2.45) is 11.8 Å². The van der Waals surface area contributed by atoms with Crippen LogP contribution in [0.4, 0.5) is 5.69 Å². The second kappa shape index (κ2) is 3.67. The first-order valence-corrected chi connectivity index (χ1v) is 5.83. The van der Waals surface area contributed by atoms with Crippen LogP contribution in [-0.2, 0) is 9.59 Å². The molecule has 0 aliphatic carbocycles. The minimum absolute atomic E-state index is 0.0596. The summed E-state index contributed by atoms with van der Waals surface area (Å²) < 4.78 is 0. The Morgan fingerprint density at radius 3 is 2.41 bits per heavy atom. The second-order valence-corrected chi connectivity index (χ2v) is 4.72. The van der Waals surface area contributed by atoms with E-state index in [0.29, 0.717) is 18.8 Å². The van der Waals surface area contributed by atoms with Gasteiger partial charge in [0.15, 0.2) is 0 Å². The van der Waals surface area contributed by atoms with Gasteiger partial charge >= 0.3 is 0 Å². The summed E-state index contributed by atoms with van der Waals surface area (Å²) in [7, 11) is 0. The van der Waals surface area contributed by atoms with Gasteiger partial charge in [0.1, 0.15) is 0 Å². The fourth-order valence-corrected chi connectivity index (χ4v) is 2.66. The summed E-state index contributed by atoms with van der Waals surface area (Å²) in [6.07, 6.45) is 0. The highest BCUT2D eigenvalue weighted by Crippen LogP contribution is 2.33. The SMILES string of the molecule is Cc1cccc(N2C(=O)[C@H]3CNC[C@@H]3C2=O)c1. The van der Waals surface area contributed by atoms with Crippen LogP contribution in [0.3, 0.4) is 0 Å². The van der Waals surface area contributed by atoms with Crippen molar-refractivity contribution in [1.82, 2.24) is 5.32 Å². The number of nitrogens with zero attached hydrogens (tertiary/aromatic N) is 1. The smallest absolute Gasteiger partial charge is 0.239 e. The normalized spacial score (nSPS) is 27.7. The van der Waals surface area contributed by atoms with Crippen LogP contribution in [0, 0.1) is 18.8 Å². The van der Waals surface area contributed by atoms with Gasteiger partial charge in [0.25, 0.3) is 0 Å². The molecule has 1 N–H and O–H groups in total. The molecule has 0 spiro atoms. The Balaban J connectivity index is 1.99. The van der Waals surface area contributed by atoms with Crippen LogP contribution in [0.25, 0.3) is 0 Å². The monoisotopic (exact) mass is 230 g/mol. The first-order valence-electron chi connectivity index (χ1n) is 5.83. The Labute approximate surface area is 99.6 Å². The highest BCUT2D eigenvalue weighted by molar-refractivity contribution is 6.22. The van der Waals surface area contributed by atoms with E-state index in [1.165, 1.54) is 4.90 Å². The predicted molar refractivity (Wildman–Crippen MR) is 63.5 cm³/mol. The third-order valence-electron chi connectivity index (χ3n) is 3.55. The van der Waals surface area contributed by atoms with Gasteiger partial charge in [-0.25, -0.2) is 4.90 Å². The van der Waals surface area contributed by atoms with Crippen molar-refractivity contribution in [2.75, 3.05) is 18.0 Å². The molecular weight excluding hydrogens is 216 g/mol. The fourth-order valence-electron chi connectivity index (χ4n) is 2.66. The fraction of sp³-hybridized carbons (Fsp3) is 0.385. The maximum atomic E-state index is 12.2. The van der Waals surface area contributed by atoms with Gasteiger partial charge in [-0.15, -0.1) is 0 Å². The van der Waals surface area contributed by atoms with Crippen molar-refractivity contribution in [3.8, 4) is 0 Å². The van der Waals surface area contributed by atoms with Crippen molar-refractivity contribution >= 4 is 17.5 Å². The molecule has 1 aromatic carbocycles.